The van der Waals surface area contributed by atoms with Gasteiger partial charge in [-0.2, -0.15) is 0 Å². The molecule has 0 saturated heterocycles. The fourth-order valence-electron chi connectivity index (χ4n) is 2.60. The van der Waals surface area contributed by atoms with Gasteiger partial charge in [-0.25, -0.2) is 18.4 Å². The molecule has 13 heteroatoms. The minimum Gasteiger partial charge on any atom is -0.454 e. The number of primary sulfonamides is 1. The van der Waals surface area contributed by atoms with Gasteiger partial charge in [0.05, 0.1) is 9.82 Å². The van der Waals surface area contributed by atoms with Gasteiger partial charge in [0.2, 0.25) is 10.0 Å². The number of nitro groups is 1. The molecule has 2 aromatic rings. The van der Waals surface area contributed by atoms with Crippen LogP contribution >= 0.6 is 0 Å². The first-order valence-electron chi connectivity index (χ1n) is 9.58. The molecule has 2 rings (SSSR count). The van der Waals surface area contributed by atoms with Gasteiger partial charge in [-0.1, -0.05) is 18.2 Å². The largest absolute Gasteiger partial charge is 0.454 e. The summed E-state index contributed by atoms with van der Waals surface area (Å²) in [5.41, 5.74) is 0.491. The highest BCUT2D eigenvalue weighted by Crippen LogP contribution is 2.13. The van der Waals surface area contributed by atoms with E-state index in [-0.39, 0.29) is 22.7 Å². The van der Waals surface area contributed by atoms with E-state index in [1.165, 1.54) is 37.3 Å². The predicted octanol–water partition coefficient (Wildman–Crippen LogP) is 0.263. The second kappa shape index (κ2) is 11.2. The lowest BCUT2D eigenvalue weighted by Crippen LogP contribution is -2.41. The van der Waals surface area contributed by atoms with E-state index in [0.717, 1.165) is 11.6 Å². The predicted molar refractivity (Wildman–Crippen MR) is 116 cm³/mol. The van der Waals surface area contributed by atoms with Crippen LogP contribution < -0.4 is 15.8 Å². The van der Waals surface area contributed by atoms with Crippen molar-refractivity contribution in [1.82, 2.24) is 10.6 Å². The van der Waals surface area contributed by atoms with Gasteiger partial charge in [-0.3, -0.25) is 19.7 Å². The van der Waals surface area contributed by atoms with Crippen molar-refractivity contribution in [2.75, 3.05) is 13.2 Å². The van der Waals surface area contributed by atoms with Crippen molar-refractivity contribution < 1.29 is 32.5 Å². The summed E-state index contributed by atoms with van der Waals surface area (Å²) in [5.74, 6) is -2.13. The molecule has 0 spiro atoms. The number of hydrogen-bond donors (Lipinski definition) is 3. The first-order chi connectivity index (χ1) is 15.5. The second-order valence-corrected chi connectivity index (χ2v) is 8.46. The zero-order chi connectivity index (χ0) is 24.6. The summed E-state index contributed by atoms with van der Waals surface area (Å²) >= 11 is 0. The van der Waals surface area contributed by atoms with Gasteiger partial charge in [0.25, 0.3) is 17.5 Å². The summed E-state index contributed by atoms with van der Waals surface area (Å²) in [7, 11) is -3.78. The quantitative estimate of drug-likeness (QED) is 0.246. The molecular formula is C20H22N4O8S. The topological polar surface area (TPSA) is 188 Å². The van der Waals surface area contributed by atoms with E-state index in [1.54, 1.807) is 12.1 Å². The number of rotatable bonds is 10. The highest BCUT2D eigenvalue weighted by molar-refractivity contribution is 7.89. The summed E-state index contributed by atoms with van der Waals surface area (Å²) < 4.78 is 27.3. The molecule has 1 atom stereocenters. The number of hydrogen-bond acceptors (Lipinski definition) is 8. The lowest BCUT2D eigenvalue weighted by atomic mass is 10.1. The van der Waals surface area contributed by atoms with Crippen LogP contribution in [0.25, 0.3) is 0 Å². The molecular weight excluding hydrogens is 456 g/mol. The molecule has 0 heterocycles. The van der Waals surface area contributed by atoms with Crippen LogP contribution in [-0.2, 0) is 30.8 Å². The van der Waals surface area contributed by atoms with Crippen molar-refractivity contribution in [1.29, 1.82) is 0 Å². The number of carbonyl (C=O) groups is 3. The molecule has 33 heavy (non-hydrogen) atoms. The summed E-state index contributed by atoms with van der Waals surface area (Å²) in [4.78, 5) is 46.2. The Balaban J connectivity index is 1.74. The van der Waals surface area contributed by atoms with Gasteiger partial charge in [-0.05, 0) is 37.1 Å². The zero-order valence-corrected chi connectivity index (χ0v) is 18.3. The number of non-ortho nitro benzene ring substituents is 1. The number of amides is 2. The Hall–Kier alpha value is -3.84. The van der Waals surface area contributed by atoms with Gasteiger partial charge in [-0.15, -0.1) is 0 Å². The van der Waals surface area contributed by atoms with Crippen LogP contribution in [0, 0.1) is 10.1 Å². The molecule has 2 aromatic carbocycles. The highest BCUT2D eigenvalue weighted by Gasteiger charge is 2.20. The Bertz CT molecular complexity index is 1150. The number of ether oxygens (including phenoxy) is 1. The van der Waals surface area contributed by atoms with Crippen molar-refractivity contribution in [3.8, 4) is 0 Å². The first-order valence-corrected chi connectivity index (χ1v) is 11.1. The van der Waals surface area contributed by atoms with Crippen LogP contribution in [-0.4, -0.2) is 50.3 Å². The van der Waals surface area contributed by atoms with E-state index < -0.39 is 45.4 Å². The number of nitrogens with one attached hydrogen (secondary N) is 2. The van der Waals surface area contributed by atoms with Crippen LogP contribution in [0.15, 0.2) is 53.4 Å². The number of sulfonamides is 1. The average Bonchev–Trinajstić information content (AvgIpc) is 2.77. The summed E-state index contributed by atoms with van der Waals surface area (Å²) in [6.07, 6.45) is 0.403. The van der Waals surface area contributed by atoms with Crippen LogP contribution in [0.3, 0.4) is 0 Å². The Kier molecular flexibility index (Phi) is 8.59. The SMILES string of the molecule is C[C@H](NC(=O)c1cccc([N+](=O)[O-])c1)C(=O)OCC(=O)NCCc1ccc(S(N)(=O)=O)cc1. The molecule has 4 N–H and O–H groups in total. The number of nitro benzene ring substituents is 1. The summed E-state index contributed by atoms with van der Waals surface area (Å²) in [6.45, 7) is 0.991. The van der Waals surface area contributed by atoms with Crippen molar-refractivity contribution in [3.05, 3.63) is 69.8 Å². The van der Waals surface area contributed by atoms with E-state index in [9.17, 15) is 32.9 Å². The third-order valence-corrected chi connectivity index (χ3v) is 5.28. The standard InChI is InChI=1S/C20H22N4O8S/c1-13(23-19(26)15-3-2-4-16(11-15)24(28)29)20(27)32-12-18(25)22-10-9-14-5-7-17(8-6-14)33(21,30)31/h2-8,11,13H,9-10,12H2,1H3,(H,22,25)(H,23,26)(H2,21,30,31)/t13-/m0/s1. The minimum atomic E-state index is -3.78. The maximum absolute atomic E-state index is 12.2. The van der Waals surface area contributed by atoms with Gasteiger partial charge in [0, 0.05) is 24.2 Å². The van der Waals surface area contributed by atoms with Gasteiger partial charge < -0.3 is 15.4 Å². The lowest BCUT2D eigenvalue weighted by Gasteiger charge is -2.13. The third-order valence-electron chi connectivity index (χ3n) is 4.35. The number of nitrogens with zero attached hydrogens (tertiary/aromatic N) is 1. The molecule has 0 unspecified atom stereocenters. The molecule has 0 radical (unpaired) electrons. The van der Waals surface area contributed by atoms with Crippen LogP contribution in [0.2, 0.25) is 0 Å². The van der Waals surface area contributed by atoms with Gasteiger partial charge in [0.1, 0.15) is 6.04 Å². The number of benzene rings is 2. The molecule has 0 fully saturated rings. The Labute approximate surface area is 189 Å². The zero-order valence-electron chi connectivity index (χ0n) is 17.5. The monoisotopic (exact) mass is 478 g/mol. The molecule has 12 nitrogen and oxygen atoms in total. The number of nitrogens with two attached hydrogens (primary N) is 1. The van der Waals surface area contributed by atoms with E-state index >= 15 is 0 Å². The molecule has 0 aliphatic heterocycles. The Morgan fingerprint density at radius 3 is 2.42 bits per heavy atom. The fraction of sp³-hybridized carbons (Fsp3) is 0.250. The molecule has 0 bridgehead atoms. The van der Waals surface area contributed by atoms with Crippen molar-refractivity contribution in [3.63, 3.8) is 0 Å². The molecule has 0 aliphatic rings. The van der Waals surface area contributed by atoms with Crippen LogP contribution in [0.1, 0.15) is 22.8 Å². The second-order valence-electron chi connectivity index (χ2n) is 6.90. The molecule has 2 amide bonds. The molecule has 0 saturated carbocycles. The number of esters is 1. The van der Waals surface area contributed by atoms with Crippen molar-refractivity contribution in [2.24, 2.45) is 5.14 Å². The maximum Gasteiger partial charge on any atom is 0.328 e. The van der Waals surface area contributed by atoms with Crippen molar-refractivity contribution in [2.45, 2.75) is 24.3 Å². The van der Waals surface area contributed by atoms with E-state index in [0.29, 0.717) is 6.42 Å². The minimum absolute atomic E-state index is 0.00122. The maximum atomic E-state index is 12.2. The third kappa shape index (κ3) is 7.97. The smallest absolute Gasteiger partial charge is 0.328 e. The van der Waals surface area contributed by atoms with Crippen LogP contribution in [0.5, 0.6) is 0 Å². The van der Waals surface area contributed by atoms with Crippen molar-refractivity contribution >= 4 is 33.5 Å². The first kappa shape index (κ1) is 25.4. The molecule has 0 aliphatic carbocycles. The summed E-state index contributed by atoms with van der Waals surface area (Å²) in [6, 6.07) is 9.76. The van der Waals surface area contributed by atoms with E-state index in [4.69, 9.17) is 9.88 Å². The van der Waals surface area contributed by atoms with Gasteiger partial charge >= 0.3 is 5.97 Å². The Morgan fingerprint density at radius 1 is 1.15 bits per heavy atom. The van der Waals surface area contributed by atoms with Gasteiger partial charge in [0.15, 0.2) is 6.61 Å². The van der Waals surface area contributed by atoms with E-state index in [2.05, 4.69) is 10.6 Å². The van der Waals surface area contributed by atoms with Crippen LogP contribution in [0.4, 0.5) is 5.69 Å². The molecule has 0 aromatic heterocycles. The lowest BCUT2D eigenvalue weighted by molar-refractivity contribution is -0.384. The Morgan fingerprint density at radius 2 is 1.82 bits per heavy atom. The number of carbonyl (C=O) groups excluding carboxylic acids is 3. The van der Waals surface area contributed by atoms with E-state index in [1.807, 2.05) is 0 Å². The highest BCUT2D eigenvalue weighted by atomic mass is 32.2. The normalized spacial score (nSPS) is 11.8. The molecule has 176 valence electrons. The fourth-order valence-corrected chi connectivity index (χ4v) is 3.12. The summed E-state index contributed by atoms with van der Waals surface area (Å²) in [5, 5.41) is 20.7. The average molecular weight is 478 g/mol.